The van der Waals surface area contributed by atoms with E-state index in [1.807, 2.05) is 0 Å². The van der Waals surface area contributed by atoms with Gasteiger partial charge in [-0.1, -0.05) is 53.0 Å². The van der Waals surface area contributed by atoms with Crippen LogP contribution in [0.15, 0.2) is 54.6 Å². The minimum absolute atomic E-state index is 0.122. The van der Waals surface area contributed by atoms with Crippen molar-refractivity contribution in [1.29, 1.82) is 0 Å². The Morgan fingerprint density at radius 3 is 2.18 bits per heavy atom. The molecule has 1 aliphatic heterocycles. The highest BCUT2D eigenvalue weighted by atomic mass is 35.5. The maximum absolute atomic E-state index is 13.6. The summed E-state index contributed by atoms with van der Waals surface area (Å²) in [5, 5.41) is 1.02. The molecule has 8 heteroatoms. The topological polar surface area (TPSA) is 57.7 Å². The van der Waals surface area contributed by atoms with Crippen LogP contribution < -0.4 is 4.90 Å². The molecule has 6 atom stereocenters. The summed E-state index contributed by atoms with van der Waals surface area (Å²) >= 11 is 18.4. The fraction of sp³-hybridized carbons (Fsp3) is 0.320. The van der Waals surface area contributed by atoms with Gasteiger partial charge < -0.3 is 0 Å². The summed E-state index contributed by atoms with van der Waals surface area (Å²) in [5.41, 5.74) is 0.779. The van der Waals surface area contributed by atoms with Crippen LogP contribution in [0.1, 0.15) is 16.8 Å². The molecule has 2 aromatic rings. The Hall–Kier alpha value is -2.34. The lowest BCUT2D eigenvalue weighted by Gasteiger charge is -2.37. The first-order valence-corrected chi connectivity index (χ1v) is 12.0. The third kappa shape index (κ3) is 3.24. The number of halogens is 3. The second-order valence-corrected chi connectivity index (χ2v) is 10.5. The second-order valence-electron chi connectivity index (χ2n) is 9.24. The van der Waals surface area contributed by atoms with Crippen LogP contribution in [0.3, 0.4) is 0 Å². The molecular formula is C25H19Cl3N2O3. The first-order valence-electron chi connectivity index (χ1n) is 10.9. The normalized spacial score (nSPS) is 30.9. The number of amides is 3. The zero-order valence-electron chi connectivity index (χ0n) is 17.3. The van der Waals surface area contributed by atoms with Gasteiger partial charge in [0.1, 0.15) is 6.67 Å². The zero-order valence-corrected chi connectivity index (χ0v) is 19.6. The van der Waals surface area contributed by atoms with E-state index in [0.717, 1.165) is 6.42 Å². The van der Waals surface area contributed by atoms with E-state index in [4.69, 9.17) is 34.8 Å². The molecule has 2 saturated carbocycles. The van der Waals surface area contributed by atoms with Gasteiger partial charge in [0, 0.05) is 16.3 Å². The van der Waals surface area contributed by atoms with Crippen LogP contribution in [0, 0.1) is 35.5 Å². The fourth-order valence-electron chi connectivity index (χ4n) is 5.99. The molecular weight excluding hydrogens is 483 g/mol. The van der Waals surface area contributed by atoms with Crippen molar-refractivity contribution in [3.8, 4) is 0 Å². The van der Waals surface area contributed by atoms with E-state index in [-0.39, 0.29) is 47.2 Å². The highest BCUT2D eigenvalue weighted by Gasteiger charge is 2.67. The van der Waals surface area contributed by atoms with Crippen molar-refractivity contribution in [1.82, 2.24) is 4.90 Å². The molecule has 3 amide bonds. The van der Waals surface area contributed by atoms with Gasteiger partial charge in [-0.3, -0.25) is 24.2 Å². The number of hydrogen-bond acceptors (Lipinski definition) is 3. The summed E-state index contributed by atoms with van der Waals surface area (Å²) in [6, 6.07) is 11.4. The fourth-order valence-corrected chi connectivity index (χ4v) is 6.47. The molecule has 1 heterocycles. The molecule has 7 rings (SSSR count). The second kappa shape index (κ2) is 7.59. The molecule has 5 aliphatic rings. The molecule has 0 aromatic heterocycles. The minimum atomic E-state index is -0.407. The van der Waals surface area contributed by atoms with Crippen molar-refractivity contribution in [2.24, 2.45) is 35.5 Å². The Morgan fingerprint density at radius 2 is 1.58 bits per heavy atom. The van der Waals surface area contributed by atoms with Crippen molar-refractivity contribution in [2.75, 3.05) is 11.6 Å². The summed E-state index contributed by atoms with van der Waals surface area (Å²) in [4.78, 5) is 43.1. The van der Waals surface area contributed by atoms with Crippen molar-refractivity contribution in [3.63, 3.8) is 0 Å². The van der Waals surface area contributed by atoms with Gasteiger partial charge in [0.2, 0.25) is 11.8 Å². The molecule has 5 nitrogen and oxygen atoms in total. The van der Waals surface area contributed by atoms with Crippen LogP contribution in [-0.4, -0.2) is 29.3 Å². The lowest BCUT2D eigenvalue weighted by Crippen LogP contribution is -2.45. The minimum Gasteiger partial charge on any atom is -0.289 e. The van der Waals surface area contributed by atoms with Crippen molar-refractivity contribution in [2.45, 2.75) is 6.42 Å². The summed E-state index contributed by atoms with van der Waals surface area (Å²) in [7, 11) is 0. The van der Waals surface area contributed by atoms with Gasteiger partial charge >= 0.3 is 0 Å². The molecule has 0 N–H and O–H groups in total. The van der Waals surface area contributed by atoms with E-state index >= 15 is 0 Å². The smallest absolute Gasteiger partial charge is 0.259 e. The number of carbonyl (C=O) groups excluding carboxylic acids is 3. The number of carbonyl (C=O) groups is 3. The molecule has 2 bridgehead atoms. The lowest BCUT2D eigenvalue weighted by atomic mass is 9.63. The van der Waals surface area contributed by atoms with Crippen molar-refractivity contribution >= 4 is 58.2 Å². The Morgan fingerprint density at radius 1 is 0.909 bits per heavy atom. The molecule has 3 fully saturated rings. The Balaban J connectivity index is 1.35. The quantitative estimate of drug-likeness (QED) is 0.422. The van der Waals surface area contributed by atoms with Gasteiger partial charge in [-0.25, -0.2) is 0 Å². The van der Waals surface area contributed by atoms with E-state index < -0.39 is 5.91 Å². The number of allylic oxidation sites excluding steroid dienone is 2. The molecule has 0 spiro atoms. The number of nitrogens with zero attached hydrogens (tertiary/aromatic N) is 2. The first kappa shape index (κ1) is 21.2. The average molecular weight is 502 g/mol. The Bertz CT molecular complexity index is 1210. The van der Waals surface area contributed by atoms with Crippen LogP contribution in [-0.2, 0) is 9.59 Å². The number of likely N-dealkylation sites (tertiary alicyclic amines) is 1. The predicted molar refractivity (Wildman–Crippen MR) is 126 cm³/mol. The number of anilines is 1. The third-order valence-corrected chi connectivity index (χ3v) is 8.54. The highest BCUT2D eigenvalue weighted by molar-refractivity contribution is 6.42. The maximum atomic E-state index is 13.6. The standard InChI is InChI=1S/C25H19Cl3N2O3/c26-13-2-1-3-14(9-13)29(23(31)12-4-7-19(27)20(28)8-12)11-30-24(32)21-15-5-6-16(18-10-17(15)18)22(21)25(30)33/h1-9,15-18,21-22H,10-11H2. The van der Waals surface area contributed by atoms with Crippen LogP contribution in [0.5, 0.6) is 0 Å². The van der Waals surface area contributed by atoms with Gasteiger partial charge in [0.15, 0.2) is 0 Å². The highest BCUT2D eigenvalue weighted by Crippen LogP contribution is 2.65. The largest absolute Gasteiger partial charge is 0.289 e. The van der Waals surface area contributed by atoms with Gasteiger partial charge in [-0.05, 0) is 66.5 Å². The SMILES string of the molecule is O=C1C2C3C=CC(C4CC34)C2C(=O)N1CN(C(=O)c1ccc(Cl)c(Cl)c1)c1cccc(Cl)c1. The molecule has 6 unspecified atom stereocenters. The van der Waals surface area contributed by atoms with E-state index in [1.165, 1.54) is 15.9 Å². The first-order chi connectivity index (χ1) is 15.8. The van der Waals surface area contributed by atoms with Crippen LogP contribution in [0.25, 0.3) is 0 Å². The van der Waals surface area contributed by atoms with Crippen LogP contribution >= 0.6 is 34.8 Å². The zero-order chi connectivity index (χ0) is 23.0. The molecule has 0 radical (unpaired) electrons. The third-order valence-electron chi connectivity index (χ3n) is 7.57. The summed E-state index contributed by atoms with van der Waals surface area (Å²) in [5.74, 6) is -0.161. The number of hydrogen-bond donors (Lipinski definition) is 0. The Labute approximate surface area is 205 Å². The van der Waals surface area contributed by atoms with Gasteiger partial charge in [-0.15, -0.1) is 0 Å². The molecule has 1 saturated heterocycles. The summed E-state index contributed by atoms with van der Waals surface area (Å²) in [6.07, 6.45) is 5.36. The summed E-state index contributed by atoms with van der Waals surface area (Å²) in [6.45, 7) is -0.182. The average Bonchev–Trinajstić information content (AvgIpc) is 3.59. The van der Waals surface area contributed by atoms with Gasteiger partial charge in [0.25, 0.3) is 5.91 Å². The Kier molecular flexibility index (Phi) is 4.88. The molecule has 33 heavy (non-hydrogen) atoms. The van der Waals surface area contributed by atoms with Crippen LogP contribution in [0.2, 0.25) is 15.1 Å². The lowest BCUT2D eigenvalue weighted by molar-refractivity contribution is -0.140. The van der Waals surface area contributed by atoms with Gasteiger partial charge in [0.05, 0.1) is 21.9 Å². The van der Waals surface area contributed by atoms with E-state index in [2.05, 4.69) is 12.2 Å². The van der Waals surface area contributed by atoms with E-state index in [0.29, 0.717) is 33.1 Å². The van der Waals surface area contributed by atoms with Crippen LogP contribution in [0.4, 0.5) is 5.69 Å². The monoisotopic (exact) mass is 500 g/mol. The van der Waals surface area contributed by atoms with Crippen molar-refractivity contribution < 1.29 is 14.4 Å². The molecule has 2 aromatic carbocycles. The maximum Gasteiger partial charge on any atom is 0.259 e. The molecule has 4 aliphatic carbocycles. The van der Waals surface area contributed by atoms with Gasteiger partial charge in [-0.2, -0.15) is 0 Å². The van der Waals surface area contributed by atoms with E-state index in [1.54, 1.807) is 36.4 Å². The molecule has 168 valence electrons. The van der Waals surface area contributed by atoms with E-state index in [9.17, 15) is 14.4 Å². The predicted octanol–water partition coefficient (Wildman–Crippen LogP) is 5.30. The number of rotatable bonds is 4. The summed E-state index contributed by atoms with van der Waals surface area (Å²) < 4.78 is 0. The number of benzene rings is 2. The van der Waals surface area contributed by atoms with Crippen molar-refractivity contribution in [3.05, 3.63) is 75.2 Å². The number of imide groups is 1.